The highest BCUT2D eigenvalue weighted by Crippen LogP contribution is 2.13. The fraction of sp³-hybridized carbons (Fsp3) is 0.333. The van der Waals surface area contributed by atoms with Crippen molar-refractivity contribution in [1.82, 2.24) is 14.5 Å². The Morgan fingerprint density at radius 2 is 2.17 bits per heavy atom. The number of hydrogen-bond acceptors (Lipinski definition) is 4. The first kappa shape index (κ1) is 16.3. The summed E-state index contributed by atoms with van der Waals surface area (Å²) in [5, 5.41) is 0. The average molecular weight is 327 g/mol. The number of hydrogen-bond donors (Lipinski definition) is 0. The summed E-state index contributed by atoms with van der Waals surface area (Å²) in [6.45, 7) is 2.10. The Labute approximate surface area is 140 Å². The molecule has 1 amide bonds. The minimum atomic E-state index is 0.0706. The van der Waals surface area contributed by atoms with Crippen LogP contribution in [0.15, 0.2) is 53.4 Å². The van der Waals surface area contributed by atoms with Crippen LogP contribution in [-0.2, 0) is 22.6 Å². The number of aryl methyl sites for hydroxylation is 1. The molecule has 0 radical (unpaired) electrons. The van der Waals surface area contributed by atoms with Gasteiger partial charge in [-0.3, -0.25) is 4.79 Å². The number of imidazole rings is 1. The van der Waals surface area contributed by atoms with E-state index in [2.05, 4.69) is 4.98 Å². The number of carbonyl (C=O) groups is 1. The second kappa shape index (κ2) is 7.79. The number of ether oxygens (including phenoxy) is 1. The van der Waals surface area contributed by atoms with Crippen molar-refractivity contribution in [2.45, 2.75) is 19.5 Å². The maximum atomic E-state index is 12.6. The number of fused-ring (bicyclic) bond motifs is 1. The van der Waals surface area contributed by atoms with Crippen molar-refractivity contribution in [2.75, 3.05) is 20.3 Å². The van der Waals surface area contributed by atoms with Gasteiger partial charge in [0.1, 0.15) is 5.76 Å². The van der Waals surface area contributed by atoms with Gasteiger partial charge in [0.05, 0.1) is 36.8 Å². The van der Waals surface area contributed by atoms with Crippen LogP contribution < -0.4 is 0 Å². The number of rotatable bonds is 8. The van der Waals surface area contributed by atoms with E-state index in [1.807, 2.05) is 41.0 Å². The SMILES string of the molecule is COCCN(Cc1ccco1)C(=O)CCn1cnc2ccccc21. The summed E-state index contributed by atoms with van der Waals surface area (Å²) in [4.78, 5) is 18.7. The standard InChI is InChI=1S/C18H21N3O3/c1-23-12-10-20(13-15-5-4-11-24-15)18(22)8-9-21-14-19-16-6-2-3-7-17(16)21/h2-7,11,14H,8-10,12-13H2,1H3. The van der Waals surface area contributed by atoms with Gasteiger partial charge in [0.2, 0.25) is 5.91 Å². The molecule has 0 aliphatic rings. The van der Waals surface area contributed by atoms with Gasteiger partial charge in [-0.25, -0.2) is 4.98 Å². The Morgan fingerprint density at radius 1 is 1.29 bits per heavy atom. The molecule has 0 unspecified atom stereocenters. The van der Waals surface area contributed by atoms with Crippen LogP contribution in [0.2, 0.25) is 0 Å². The van der Waals surface area contributed by atoms with Gasteiger partial charge in [0.25, 0.3) is 0 Å². The van der Waals surface area contributed by atoms with Crippen molar-refractivity contribution in [1.29, 1.82) is 0 Å². The molecule has 0 aliphatic heterocycles. The molecule has 0 atom stereocenters. The minimum Gasteiger partial charge on any atom is -0.467 e. The van der Waals surface area contributed by atoms with Gasteiger partial charge in [0.15, 0.2) is 0 Å². The third-order valence-electron chi connectivity index (χ3n) is 3.94. The van der Waals surface area contributed by atoms with E-state index in [0.717, 1.165) is 16.8 Å². The minimum absolute atomic E-state index is 0.0706. The molecule has 0 saturated carbocycles. The van der Waals surface area contributed by atoms with Gasteiger partial charge in [-0.15, -0.1) is 0 Å². The monoisotopic (exact) mass is 327 g/mol. The van der Waals surface area contributed by atoms with Gasteiger partial charge in [-0.1, -0.05) is 12.1 Å². The van der Waals surface area contributed by atoms with Gasteiger partial charge in [0, 0.05) is 26.6 Å². The number of carbonyl (C=O) groups excluding carboxylic acids is 1. The van der Waals surface area contributed by atoms with E-state index in [-0.39, 0.29) is 5.91 Å². The number of benzene rings is 1. The van der Waals surface area contributed by atoms with E-state index in [0.29, 0.717) is 32.7 Å². The van der Waals surface area contributed by atoms with E-state index in [9.17, 15) is 4.79 Å². The molecule has 3 rings (SSSR count). The zero-order chi connectivity index (χ0) is 16.8. The highest BCUT2D eigenvalue weighted by atomic mass is 16.5. The van der Waals surface area contributed by atoms with Crippen molar-refractivity contribution < 1.29 is 13.9 Å². The molecular formula is C18H21N3O3. The van der Waals surface area contributed by atoms with Crippen LogP contribution in [0.5, 0.6) is 0 Å². The molecule has 6 nitrogen and oxygen atoms in total. The van der Waals surface area contributed by atoms with E-state index in [1.165, 1.54) is 0 Å². The molecule has 1 aromatic carbocycles. The molecule has 0 N–H and O–H groups in total. The van der Waals surface area contributed by atoms with Gasteiger partial charge in [-0.05, 0) is 24.3 Å². The van der Waals surface area contributed by atoms with Crippen molar-refractivity contribution in [3.63, 3.8) is 0 Å². The lowest BCUT2D eigenvalue weighted by molar-refractivity contribution is -0.133. The summed E-state index contributed by atoms with van der Waals surface area (Å²) in [7, 11) is 1.63. The zero-order valence-electron chi connectivity index (χ0n) is 13.7. The maximum Gasteiger partial charge on any atom is 0.224 e. The lowest BCUT2D eigenvalue weighted by Gasteiger charge is -2.21. The van der Waals surface area contributed by atoms with Crippen molar-refractivity contribution in [3.05, 3.63) is 54.7 Å². The third-order valence-corrected chi connectivity index (χ3v) is 3.94. The van der Waals surface area contributed by atoms with Crippen LogP contribution in [0, 0.1) is 0 Å². The van der Waals surface area contributed by atoms with Crippen LogP contribution in [0.1, 0.15) is 12.2 Å². The van der Waals surface area contributed by atoms with E-state index >= 15 is 0 Å². The molecule has 6 heteroatoms. The van der Waals surface area contributed by atoms with Gasteiger partial charge in [-0.2, -0.15) is 0 Å². The largest absolute Gasteiger partial charge is 0.467 e. The maximum absolute atomic E-state index is 12.6. The Hall–Kier alpha value is -2.60. The van der Waals surface area contributed by atoms with E-state index in [1.54, 1.807) is 24.6 Å². The number of amides is 1. The predicted molar refractivity (Wildman–Crippen MR) is 90.4 cm³/mol. The summed E-state index contributed by atoms with van der Waals surface area (Å²) in [5.74, 6) is 0.841. The Balaban J connectivity index is 1.64. The van der Waals surface area contributed by atoms with Crippen LogP contribution in [0.4, 0.5) is 0 Å². The number of aromatic nitrogens is 2. The summed E-state index contributed by atoms with van der Waals surface area (Å²) >= 11 is 0. The first-order chi connectivity index (χ1) is 11.8. The lowest BCUT2D eigenvalue weighted by Crippen LogP contribution is -2.33. The molecule has 126 valence electrons. The molecule has 0 spiro atoms. The smallest absolute Gasteiger partial charge is 0.224 e. The Morgan fingerprint density at radius 3 is 2.96 bits per heavy atom. The molecule has 2 aromatic heterocycles. The summed E-state index contributed by atoms with van der Waals surface area (Å²) in [5.41, 5.74) is 1.98. The second-order valence-electron chi connectivity index (χ2n) is 5.56. The molecule has 2 heterocycles. The average Bonchev–Trinajstić information content (AvgIpc) is 3.26. The number of furan rings is 1. The van der Waals surface area contributed by atoms with Crippen molar-refractivity contribution >= 4 is 16.9 Å². The van der Waals surface area contributed by atoms with Crippen molar-refractivity contribution in [3.8, 4) is 0 Å². The number of nitrogens with zero attached hydrogens (tertiary/aromatic N) is 3. The fourth-order valence-corrected chi connectivity index (χ4v) is 2.65. The number of para-hydroxylation sites is 2. The normalized spacial score (nSPS) is 11.0. The molecule has 0 aliphatic carbocycles. The molecule has 0 saturated heterocycles. The topological polar surface area (TPSA) is 60.5 Å². The molecule has 0 bridgehead atoms. The summed E-state index contributed by atoms with van der Waals surface area (Å²) < 4.78 is 12.5. The highest BCUT2D eigenvalue weighted by Gasteiger charge is 2.15. The molecule has 24 heavy (non-hydrogen) atoms. The quantitative estimate of drug-likeness (QED) is 0.638. The number of methoxy groups -OCH3 is 1. The summed E-state index contributed by atoms with van der Waals surface area (Å²) in [6.07, 6.45) is 3.81. The lowest BCUT2D eigenvalue weighted by atomic mass is 10.3. The molecular weight excluding hydrogens is 306 g/mol. The predicted octanol–water partition coefficient (Wildman–Crippen LogP) is 2.69. The van der Waals surface area contributed by atoms with Gasteiger partial charge >= 0.3 is 0 Å². The van der Waals surface area contributed by atoms with E-state index in [4.69, 9.17) is 9.15 Å². The van der Waals surface area contributed by atoms with Crippen LogP contribution in [0.25, 0.3) is 11.0 Å². The Kier molecular flexibility index (Phi) is 5.28. The second-order valence-corrected chi connectivity index (χ2v) is 5.56. The van der Waals surface area contributed by atoms with Crippen LogP contribution in [0.3, 0.4) is 0 Å². The van der Waals surface area contributed by atoms with Crippen LogP contribution >= 0.6 is 0 Å². The zero-order valence-corrected chi connectivity index (χ0v) is 13.7. The van der Waals surface area contributed by atoms with Gasteiger partial charge < -0.3 is 18.6 Å². The fourth-order valence-electron chi connectivity index (χ4n) is 2.65. The molecule has 0 fully saturated rings. The summed E-state index contributed by atoms with van der Waals surface area (Å²) in [6, 6.07) is 11.6. The van der Waals surface area contributed by atoms with Crippen LogP contribution in [-0.4, -0.2) is 40.6 Å². The highest BCUT2D eigenvalue weighted by molar-refractivity contribution is 5.77. The Bertz CT molecular complexity index is 780. The molecule has 3 aromatic rings. The van der Waals surface area contributed by atoms with E-state index < -0.39 is 0 Å². The first-order valence-electron chi connectivity index (χ1n) is 7.97. The third kappa shape index (κ3) is 3.83. The van der Waals surface area contributed by atoms with Crippen molar-refractivity contribution in [2.24, 2.45) is 0 Å². The first-order valence-corrected chi connectivity index (χ1v) is 7.97.